The Kier molecular flexibility index (Phi) is 5.31. The second-order valence-electron chi connectivity index (χ2n) is 7.04. The minimum absolute atomic E-state index is 0.201. The zero-order chi connectivity index (χ0) is 17.8. The number of aromatic nitrogens is 2. The van der Waals surface area contributed by atoms with Crippen LogP contribution in [0.2, 0.25) is 0 Å². The molecule has 0 atom stereocenters. The number of rotatable bonds is 5. The number of aryl methyl sites for hydroxylation is 1. The predicted molar refractivity (Wildman–Crippen MR) is 101 cm³/mol. The summed E-state index contributed by atoms with van der Waals surface area (Å²) in [4.78, 5) is 21.6. The van der Waals surface area contributed by atoms with Crippen LogP contribution >= 0.6 is 0 Å². The van der Waals surface area contributed by atoms with Gasteiger partial charge in [0.15, 0.2) is 0 Å². The van der Waals surface area contributed by atoms with Crippen LogP contribution in [0.1, 0.15) is 67.2 Å². The van der Waals surface area contributed by atoms with E-state index in [9.17, 15) is 4.79 Å². The van der Waals surface area contributed by atoms with E-state index in [1.165, 1.54) is 12.8 Å². The summed E-state index contributed by atoms with van der Waals surface area (Å²) in [6.45, 7) is 6.12. The second kappa shape index (κ2) is 7.64. The van der Waals surface area contributed by atoms with Crippen molar-refractivity contribution in [3.63, 3.8) is 0 Å². The lowest BCUT2D eigenvalue weighted by Gasteiger charge is -2.15. The summed E-state index contributed by atoms with van der Waals surface area (Å²) >= 11 is 0. The first-order chi connectivity index (χ1) is 12.0. The molecule has 0 aliphatic heterocycles. The van der Waals surface area contributed by atoms with Crippen molar-refractivity contribution in [2.45, 2.75) is 58.4 Å². The van der Waals surface area contributed by atoms with E-state index >= 15 is 0 Å². The van der Waals surface area contributed by atoms with Gasteiger partial charge in [-0.05, 0) is 43.4 Å². The van der Waals surface area contributed by atoms with Crippen LogP contribution in [0.25, 0.3) is 0 Å². The molecule has 1 amide bonds. The molecule has 3 rings (SSSR count). The molecule has 0 spiro atoms. The van der Waals surface area contributed by atoms with Gasteiger partial charge in [-0.3, -0.25) is 4.79 Å². The zero-order valence-corrected chi connectivity index (χ0v) is 15.2. The van der Waals surface area contributed by atoms with Crippen LogP contribution in [0.15, 0.2) is 30.3 Å². The minimum atomic E-state index is -0.201. The number of para-hydroxylation sites is 1. The third kappa shape index (κ3) is 4.35. The molecule has 1 aromatic carbocycles. The number of carbonyl (C=O) groups excluding carboxylic acids is 1. The highest BCUT2D eigenvalue weighted by Crippen LogP contribution is 2.24. The van der Waals surface area contributed by atoms with Crippen LogP contribution in [-0.2, 0) is 0 Å². The maximum Gasteiger partial charge on any atom is 0.274 e. The Morgan fingerprint density at radius 2 is 1.88 bits per heavy atom. The third-order valence-electron chi connectivity index (χ3n) is 4.61. The van der Waals surface area contributed by atoms with Gasteiger partial charge in [-0.2, -0.15) is 0 Å². The fourth-order valence-electron chi connectivity index (χ4n) is 3.30. The lowest BCUT2D eigenvalue weighted by atomic mass is 10.0. The summed E-state index contributed by atoms with van der Waals surface area (Å²) in [6, 6.07) is 10.0. The van der Waals surface area contributed by atoms with E-state index in [0.29, 0.717) is 23.6 Å². The van der Waals surface area contributed by atoms with Crippen molar-refractivity contribution in [2.24, 2.45) is 0 Å². The Morgan fingerprint density at radius 1 is 1.16 bits per heavy atom. The molecule has 1 saturated carbocycles. The average Bonchev–Trinajstić information content (AvgIpc) is 3.07. The second-order valence-corrected chi connectivity index (χ2v) is 7.04. The number of carbonyl (C=O) groups is 1. The molecule has 2 aromatic rings. The number of amides is 1. The number of nitrogens with zero attached hydrogens (tertiary/aromatic N) is 2. The number of hydrogen-bond acceptors (Lipinski definition) is 4. The number of nitrogens with one attached hydrogen (secondary N) is 2. The zero-order valence-electron chi connectivity index (χ0n) is 15.2. The van der Waals surface area contributed by atoms with E-state index in [-0.39, 0.29) is 5.91 Å². The van der Waals surface area contributed by atoms with Crippen LogP contribution in [0, 0.1) is 6.92 Å². The molecule has 1 heterocycles. The quantitative estimate of drug-likeness (QED) is 0.841. The van der Waals surface area contributed by atoms with E-state index < -0.39 is 0 Å². The first kappa shape index (κ1) is 17.4. The molecule has 1 fully saturated rings. The number of benzene rings is 1. The third-order valence-corrected chi connectivity index (χ3v) is 4.61. The molecule has 1 aliphatic carbocycles. The van der Waals surface area contributed by atoms with Crippen molar-refractivity contribution >= 4 is 17.5 Å². The normalized spacial score (nSPS) is 14.7. The lowest BCUT2D eigenvalue weighted by molar-refractivity contribution is 0.102. The van der Waals surface area contributed by atoms with Gasteiger partial charge in [-0.15, -0.1) is 0 Å². The van der Waals surface area contributed by atoms with Crippen molar-refractivity contribution in [2.75, 3.05) is 10.6 Å². The Bertz CT molecular complexity index is 751. The van der Waals surface area contributed by atoms with Crippen molar-refractivity contribution < 1.29 is 4.79 Å². The van der Waals surface area contributed by atoms with Crippen molar-refractivity contribution in [1.82, 2.24) is 9.97 Å². The van der Waals surface area contributed by atoms with Gasteiger partial charge < -0.3 is 10.6 Å². The summed E-state index contributed by atoms with van der Waals surface area (Å²) in [7, 11) is 0. The Balaban J connectivity index is 1.79. The molecule has 2 N–H and O–H groups in total. The van der Waals surface area contributed by atoms with Crippen LogP contribution in [0.5, 0.6) is 0 Å². The van der Waals surface area contributed by atoms with Crippen LogP contribution in [0.3, 0.4) is 0 Å². The summed E-state index contributed by atoms with van der Waals surface area (Å²) in [5.41, 5.74) is 3.14. The van der Waals surface area contributed by atoms with Gasteiger partial charge in [0.05, 0.1) is 0 Å². The SMILES string of the molecule is Cc1cc(C(=O)Nc2ccccc2C(C)C)nc(NC2CCCC2)n1. The summed E-state index contributed by atoms with van der Waals surface area (Å²) in [5, 5.41) is 6.37. The Labute approximate surface area is 149 Å². The monoisotopic (exact) mass is 338 g/mol. The summed E-state index contributed by atoms with van der Waals surface area (Å²) in [5.74, 6) is 0.686. The maximum absolute atomic E-state index is 12.7. The number of hydrogen-bond donors (Lipinski definition) is 2. The average molecular weight is 338 g/mol. The molecule has 132 valence electrons. The van der Waals surface area contributed by atoms with Gasteiger partial charge in [0.25, 0.3) is 5.91 Å². The molecule has 25 heavy (non-hydrogen) atoms. The topological polar surface area (TPSA) is 66.9 Å². The highest BCUT2D eigenvalue weighted by atomic mass is 16.1. The van der Waals surface area contributed by atoms with Gasteiger partial charge in [-0.25, -0.2) is 9.97 Å². The van der Waals surface area contributed by atoms with E-state index in [1.807, 2.05) is 31.2 Å². The molecule has 0 radical (unpaired) electrons. The molecule has 1 aliphatic rings. The van der Waals surface area contributed by atoms with Gasteiger partial charge in [0, 0.05) is 17.4 Å². The van der Waals surface area contributed by atoms with E-state index in [1.54, 1.807) is 6.07 Å². The molecule has 0 bridgehead atoms. The van der Waals surface area contributed by atoms with Crippen LogP contribution in [-0.4, -0.2) is 21.9 Å². The van der Waals surface area contributed by atoms with Crippen molar-refractivity contribution in [3.05, 3.63) is 47.3 Å². The first-order valence-electron chi connectivity index (χ1n) is 9.05. The first-order valence-corrected chi connectivity index (χ1v) is 9.05. The van der Waals surface area contributed by atoms with Crippen LogP contribution in [0.4, 0.5) is 11.6 Å². The molecular weight excluding hydrogens is 312 g/mol. The van der Waals surface area contributed by atoms with E-state index in [0.717, 1.165) is 29.8 Å². The highest BCUT2D eigenvalue weighted by Gasteiger charge is 2.18. The fraction of sp³-hybridized carbons (Fsp3) is 0.450. The Hall–Kier alpha value is -2.43. The molecule has 0 saturated heterocycles. The summed E-state index contributed by atoms with van der Waals surface area (Å²) < 4.78 is 0. The predicted octanol–water partition coefficient (Wildman–Crippen LogP) is 4.52. The van der Waals surface area contributed by atoms with Gasteiger partial charge in [0.1, 0.15) is 5.69 Å². The van der Waals surface area contributed by atoms with Crippen molar-refractivity contribution in [1.29, 1.82) is 0 Å². The van der Waals surface area contributed by atoms with Gasteiger partial charge >= 0.3 is 0 Å². The standard InChI is InChI=1S/C20H26N4O/c1-13(2)16-10-6-7-11-17(16)23-19(25)18-12-14(3)21-20(24-18)22-15-8-4-5-9-15/h6-7,10-13,15H,4-5,8-9H2,1-3H3,(H,23,25)(H,21,22,24). The van der Waals surface area contributed by atoms with E-state index in [2.05, 4.69) is 34.4 Å². The number of anilines is 2. The molecule has 5 heteroatoms. The Morgan fingerprint density at radius 3 is 2.60 bits per heavy atom. The van der Waals surface area contributed by atoms with Crippen LogP contribution < -0.4 is 10.6 Å². The smallest absolute Gasteiger partial charge is 0.274 e. The summed E-state index contributed by atoms with van der Waals surface area (Å²) in [6.07, 6.45) is 4.76. The molecular formula is C20H26N4O. The molecule has 5 nitrogen and oxygen atoms in total. The lowest BCUT2D eigenvalue weighted by Crippen LogP contribution is -2.20. The highest BCUT2D eigenvalue weighted by molar-refractivity contribution is 6.03. The van der Waals surface area contributed by atoms with E-state index in [4.69, 9.17) is 0 Å². The molecule has 1 aromatic heterocycles. The largest absolute Gasteiger partial charge is 0.351 e. The molecule has 0 unspecified atom stereocenters. The fourth-order valence-corrected chi connectivity index (χ4v) is 3.30. The van der Waals surface area contributed by atoms with Gasteiger partial charge in [0.2, 0.25) is 5.95 Å². The van der Waals surface area contributed by atoms with Crippen molar-refractivity contribution in [3.8, 4) is 0 Å². The maximum atomic E-state index is 12.7. The minimum Gasteiger partial charge on any atom is -0.351 e. The van der Waals surface area contributed by atoms with Gasteiger partial charge in [-0.1, -0.05) is 44.9 Å².